The van der Waals surface area contributed by atoms with E-state index in [2.05, 4.69) is 302 Å². The number of fused-ring (bicyclic) bond motifs is 4. The highest BCUT2D eigenvalue weighted by Crippen LogP contribution is 2.57. The molecule has 1 nitrogen and oxygen atoms in total. The molecule has 72 heavy (non-hydrogen) atoms. The molecule has 338 valence electrons. The lowest BCUT2D eigenvalue weighted by Gasteiger charge is -2.35. The Labute approximate surface area is 422 Å². The van der Waals surface area contributed by atoms with E-state index in [1.807, 2.05) is 0 Å². The zero-order chi connectivity index (χ0) is 47.8. The third kappa shape index (κ3) is 7.51. The van der Waals surface area contributed by atoms with E-state index in [1.54, 1.807) is 0 Å². The molecule has 1 aliphatic rings. The molecule has 0 atom stereocenters. The van der Waals surface area contributed by atoms with Crippen LogP contribution in [-0.4, -0.2) is 0 Å². The monoisotopic (exact) mass is 915 g/mol. The molecule has 13 rings (SSSR count). The van der Waals surface area contributed by atoms with Gasteiger partial charge in [-0.25, -0.2) is 0 Å². The Bertz CT molecular complexity index is 3840. The maximum Gasteiger partial charge on any atom is 0.0714 e. The maximum absolute atomic E-state index is 2.45. The molecule has 1 heteroatoms. The summed E-state index contributed by atoms with van der Waals surface area (Å²) in [6, 6.07) is 109. The van der Waals surface area contributed by atoms with Gasteiger partial charge in [0.25, 0.3) is 0 Å². The third-order valence-corrected chi connectivity index (χ3v) is 14.8. The molecule has 0 radical (unpaired) electrons. The van der Waals surface area contributed by atoms with Crippen molar-refractivity contribution in [3.8, 4) is 66.8 Å². The summed E-state index contributed by atoms with van der Waals surface area (Å²) in [5.41, 5.74) is 22.3. The van der Waals surface area contributed by atoms with Crippen molar-refractivity contribution >= 4 is 27.8 Å². The van der Waals surface area contributed by atoms with Crippen molar-refractivity contribution in [1.82, 2.24) is 0 Å². The lowest BCUT2D eigenvalue weighted by Crippen LogP contribution is -2.28. The minimum absolute atomic E-state index is 0.519. The molecule has 12 aromatic rings. The van der Waals surface area contributed by atoms with Gasteiger partial charge in [0, 0.05) is 17.1 Å². The predicted molar refractivity (Wildman–Crippen MR) is 303 cm³/mol. The fourth-order valence-electron chi connectivity index (χ4n) is 11.3. The lowest BCUT2D eigenvalue weighted by molar-refractivity contribution is 0.768. The summed E-state index contributed by atoms with van der Waals surface area (Å²) in [4.78, 5) is 2.42. The van der Waals surface area contributed by atoms with Gasteiger partial charge in [-0.05, 0) is 148 Å². The average molecular weight is 916 g/mol. The van der Waals surface area contributed by atoms with E-state index in [4.69, 9.17) is 0 Å². The molecule has 0 N–H and O–H groups in total. The predicted octanol–water partition coefficient (Wildman–Crippen LogP) is 19.0. The van der Waals surface area contributed by atoms with Crippen LogP contribution in [0.1, 0.15) is 22.3 Å². The molecule has 1 aliphatic carbocycles. The Morgan fingerprint density at radius 2 is 0.611 bits per heavy atom. The van der Waals surface area contributed by atoms with E-state index in [0.717, 1.165) is 17.1 Å². The Morgan fingerprint density at radius 1 is 0.208 bits per heavy atom. The van der Waals surface area contributed by atoms with Gasteiger partial charge >= 0.3 is 0 Å². The second-order valence-corrected chi connectivity index (χ2v) is 18.8. The quantitative estimate of drug-likeness (QED) is 0.132. The highest BCUT2D eigenvalue weighted by atomic mass is 15.1. The Morgan fingerprint density at radius 3 is 1.24 bits per heavy atom. The van der Waals surface area contributed by atoms with Crippen LogP contribution in [-0.2, 0) is 5.41 Å². The number of anilines is 3. The van der Waals surface area contributed by atoms with Crippen LogP contribution in [0.2, 0.25) is 0 Å². The number of benzene rings is 12. The van der Waals surface area contributed by atoms with E-state index >= 15 is 0 Å². The SMILES string of the molecule is c1ccc(-c2ccccc2-c2ccc(N(c3ccc(-c4ccc(-c5cccc(-c6ccc7ccccc7c6)c5)cc4)cc3)c3ccc4c(c3)C(c3ccccc3)(c3ccccc3)c3ccccc3-4)cc2)cc1. The first-order chi connectivity index (χ1) is 35.7. The third-order valence-electron chi connectivity index (χ3n) is 14.8. The van der Waals surface area contributed by atoms with E-state index in [9.17, 15) is 0 Å². The largest absolute Gasteiger partial charge is 0.310 e. The van der Waals surface area contributed by atoms with Gasteiger partial charge in [-0.2, -0.15) is 0 Å². The number of rotatable bonds is 10. The minimum Gasteiger partial charge on any atom is -0.310 e. The first-order valence-corrected chi connectivity index (χ1v) is 24.9. The van der Waals surface area contributed by atoms with E-state index in [1.165, 1.54) is 99.8 Å². The molecule has 0 amide bonds. The zero-order valence-electron chi connectivity index (χ0n) is 39.7. The molecule has 0 fully saturated rings. The second-order valence-electron chi connectivity index (χ2n) is 18.8. The topological polar surface area (TPSA) is 3.24 Å². The number of hydrogen-bond donors (Lipinski definition) is 0. The molecule has 0 saturated heterocycles. The standard InChI is InChI=1S/C71H49N/c1-4-18-54(19-5-1)65-27-12-13-28-66(65)55-39-43-63(44-40-55)72(64-45-46-68-67-29-14-15-30-69(67)71(70(68)49-64,60-23-6-2-7-24-60)61-25-8-3-9-26-61)62-41-37-52(38-42-62)51-31-33-53(34-32-51)57-21-16-22-58(47-57)59-36-35-50-17-10-11-20-56(50)48-59/h1-49H. The summed E-state index contributed by atoms with van der Waals surface area (Å²) in [6.45, 7) is 0. The van der Waals surface area contributed by atoms with Gasteiger partial charge in [-0.3, -0.25) is 0 Å². The summed E-state index contributed by atoms with van der Waals surface area (Å²) in [7, 11) is 0. The molecule has 0 bridgehead atoms. The Kier molecular flexibility index (Phi) is 10.8. The fraction of sp³-hybridized carbons (Fsp3) is 0.0141. The highest BCUT2D eigenvalue weighted by Gasteiger charge is 2.46. The molecule has 0 unspecified atom stereocenters. The van der Waals surface area contributed by atoms with Crippen LogP contribution in [0.15, 0.2) is 297 Å². The van der Waals surface area contributed by atoms with Gasteiger partial charge in [0.1, 0.15) is 0 Å². The van der Waals surface area contributed by atoms with Crippen LogP contribution >= 0.6 is 0 Å². The second kappa shape index (κ2) is 18.2. The van der Waals surface area contributed by atoms with Gasteiger partial charge in [0.05, 0.1) is 5.41 Å². The molecule has 0 saturated carbocycles. The molecule has 0 aliphatic heterocycles. The molecular weight excluding hydrogens is 867 g/mol. The van der Waals surface area contributed by atoms with Crippen molar-refractivity contribution in [3.05, 3.63) is 320 Å². The van der Waals surface area contributed by atoms with Crippen LogP contribution in [0.5, 0.6) is 0 Å². The Hall–Kier alpha value is -9.30. The van der Waals surface area contributed by atoms with Gasteiger partial charge in [-0.1, -0.05) is 249 Å². The normalized spacial score (nSPS) is 12.3. The van der Waals surface area contributed by atoms with Gasteiger partial charge in [0.2, 0.25) is 0 Å². The van der Waals surface area contributed by atoms with Crippen molar-refractivity contribution in [2.45, 2.75) is 5.41 Å². The summed E-state index contributed by atoms with van der Waals surface area (Å²) in [6.07, 6.45) is 0. The van der Waals surface area contributed by atoms with Crippen molar-refractivity contribution in [2.75, 3.05) is 4.90 Å². The minimum atomic E-state index is -0.519. The van der Waals surface area contributed by atoms with Crippen molar-refractivity contribution in [3.63, 3.8) is 0 Å². The summed E-state index contributed by atoms with van der Waals surface area (Å²) < 4.78 is 0. The first kappa shape index (κ1) is 42.8. The summed E-state index contributed by atoms with van der Waals surface area (Å²) in [5, 5.41) is 2.51. The van der Waals surface area contributed by atoms with Crippen LogP contribution in [0.4, 0.5) is 17.1 Å². The number of nitrogens with zero attached hydrogens (tertiary/aromatic N) is 1. The molecule has 0 aromatic heterocycles. The van der Waals surface area contributed by atoms with Crippen LogP contribution in [0.25, 0.3) is 77.5 Å². The van der Waals surface area contributed by atoms with Crippen LogP contribution in [0.3, 0.4) is 0 Å². The van der Waals surface area contributed by atoms with Crippen LogP contribution in [0, 0.1) is 0 Å². The van der Waals surface area contributed by atoms with E-state index < -0.39 is 5.41 Å². The van der Waals surface area contributed by atoms with Crippen LogP contribution < -0.4 is 4.90 Å². The Balaban J connectivity index is 0.897. The van der Waals surface area contributed by atoms with Crippen molar-refractivity contribution < 1.29 is 0 Å². The maximum atomic E-state index is 2.45. The summed E-state index contributed by atoms with van der Waals surface area (Å²) in [5.74, 6) is 0. The molecule has 12 aromatic carbocycles. The van der Waals surface area contributed by atoms with E-state index in [0.29, 0.717) is 0 Å². The van der Waals surface area contributed by atoms with Crippen molar-refractivity contribution in [2.24, 2.45) is 0 Å². The molecular formula is C71H49N. The zero-order valence-corrected chi connectivity index (χ0v) is 39.7. The first-order valence-electron chi connectivity index (χ1n) is 24.9. The molecule has 0 heterocycles. The molecule has 0 spiro atoms. The fourth-order valence-corrected chi connectivity index (χ4v) is 11.3. The smallest absolute Gasteiger partial charge is 0.0714 e. The van der Waals surface area contributed by atoms with Crippen molar-refractivity contribution in [1.29, 1.82) is 0 Å². The number of hydrogen-bond acceptors (Lipinski definition) is 1. The lowest BCUT2D eigenvalue weighted by atomic mass is 9.67. The highest BCUT2D eigenvalue weighted by molar-refractivity contribution is 5.92. The average Bonchev–Trinajstić information content (AvgIpc) is 3.76. The van der Waals surface area contributed by atoms with Gasteiger partial charge in [0.15, 0.2) is 0 Å². The van der Waals surface area contributed by atoms with Gasteiger partial charge in [-0.15, -0.1) is 0 Å². The summed E-state index contributed by atoms with van der Waals surface area (Å²) >= 11 is 0. The van der Waals surface area contributed by atoms with E-state index in [-0.39, 0.29) is 0 Å². The van der Waals surface area contributed by atoms with Gasteiger partial charge < -0.3 is 4.90 Å².